The SMILES string of the molecule is I.c1ccc(NC(=NCCCOCC2CCCO2)N2CCCCC2)cc1. The van der Waals surface area contributed by atoms with Gasteiger partial charge in [-0.05, 0) is 50.7 Å². The average molecular weight is 473 g/mol. The van der Waals surface area contributed by atoms with Crippen LogP contribution >= 0.6 is 24.0 Å². The molecule has 2 saturated heterocycles. The third kappa shape index (κ3) is 7.40. The van der Waals surface area contributed by atoms with Crippen LogP contribution in [-0.2, 0) is 9.47 Å². The average Bonchev–Trinajstić information content (AvgIpc) is 3.18. The molecular formula is C20H32IN3O2. The molecule has 2 aliphatic rings. The van der Waals surface area contributed by atoms with Gasteiger partial charge in [0, 0.05) is 38.5 Å². The molecule has 2 aliphatic heterocycles. The molecule has 3 rings (SSSR count). The summed E-state index contributed by atoms with van der Waals surface area (Å²) in [5, 5.41) is 3.50. The van der Waals surface area contributed by atoms with Gasteiger partial charge in [-0.2, -0.15) is 0 Å². The molecule has 26 heavy (non-hydrogen) atoms. The van der Waals surface area contributed by atoms with Crippen LogP contribution in [0.4, 0.5) is 5.69 Å². The van der Waals surface area contributed by atoms with Gasteiger partial charge < -0.3 is 19.7 Å². The molecular weight excluding hydrogens is 441 g/mol. The van der Waals surface area contributed by atoms with E-state index in [-0.39, 0.29) is 24.0 Å². The molecule has 1 atom stereocenters. The van der Waals surface area contributed by atoms with Crippen molar-refractivity contribution in [1.29, 1.82) is 0 Å². The van der Waals surface area contributed by atoms with Gasteiger partial charge in [0.2, 0.25) is 0 Å². The highest BCUT2D eigenvalue weighted by molar-refractivity contribution is 14.0. The summed E-state index contributed by atoms with van der Waals surface area (Å²) in [4.78, 5) is 7.21. The molecule has 146 valence electrons. The van der Waals surface area contributed by atoms with E-state index in [4.69, 9.17) is 14.5 Å². The third-order valence-corrected chi connectivity index (χ3v) is 4.72. The fourth-order valence-corrected chi connectivity index (χ4v) is 3.32. The maximum absolute atomic E-state index is 5.73. The zero-order chi connectivity index (χ0) is 17.2. The first-order valence-corrected chi connectivity index (χ1v) is 9.72. The van der Waals surface area contributed by atoms with E-state index in [1.54, 1.807) is 0 Å². The van der Waals surface area contributed by atoms with Crippen LogP contribution in [-0.4, -0.2) is 56.4 Å². The summed E-state index contributed by atoms with van der Waals surface area (Å²) >= 11 is 0. The Hall–Kier alpha value is -0.860. The standard InChI is InChI=1S/C20H31N3O2.HI/c1-3-9-18(10-4-1)22-20(23-13-5-2-6-14-23)21-12-8-15-24-17-19-11-7-16-25-19;/h1,3-4,9-10,19H,2,5-8,11-17H2,(H,21,22);1H. The highest BCUT2D eigenvalue weighted by Crippen LogP contribution is 2.13. The lowest BCUT2D eigenvalue weighted by molar-refractivity contribution is 0.0170. The second kappa shape index (κ2) is 12.5. The van der Waals surface area contributed by atoms with Crippen LogP contribution in [0.15, 0.2) is 35.3 Å². The van der Waals surface area contributed by atoms with Crippen molar-refractivity contribution in [3.8, 4) is 0 Å². The molecule has 0 radical (unpaired) electrons. The number of aliphatic imine (C=N–C) groups is 1. The van der Waals surface area contributed by atoms with Crippen LogP contribution in [0.2, 0.25) is 0 Å². The maximum Gasteiger partial charge on any atom is 0.198 e. The number of nitrogens with one attached hydrogen (secondary N) is 1. The monoisotopic (exact) mass is 473 g/mol. The number of likely N-dealkylation sites (tertiary alicyclic amines) is 1. The smallest absolute Gasteiger partial charge is 0.198 e. The molecule has 1 aromatic carbocycles. The third-order valence-electron chi connectivity index (χ3n) is 4.72. The molecule has 2 heterocycles. The second-order valence-electron chi connectivity index (χ2n) is 6.81. The van der Waals surface area contributed by atoms with Crippen molar-refractivity contribution >= 4 is 35.6 Å². The summed E-state index contributed by atoms with van der Waals surface area (Å²) in [7, 11) is 0. The minimum absolute atomic E-state index is 0. The first-order chi connectivity index (χ1) is 12.4. The van der Waals surface area contributed by atoms with Gasteiger partial charge in [-0.25, -0.2) is 0 Å². The molecule has 1 unspecified atom stereocenters. The first-order valence-electron chi connectivity index (χ1n) is 9.72. The van der Waals surface area contributed by atoms with Crippen LogP contribution in [0.1, 0.15) is 38.5 Å². The molecule has 0 aromatic heterocycles. The van der Waals surface area contributed by atoms with Gasteiger partial charge in [0.1, 0.15) is 0 Å². The highest BCUT2D eigenvalue weighted by atomic mass is 127. The van der Waals surface area contributed by atoms with Gasteiger partial charge in [0.15, 0.2) is 5.96 Å². The predicted octanol–water partition coefficient (Wildman–Crippen LogP) is 4.14. The molecule has 2 fully saturated rings. The number of guanidine groups is 1. The van der Waals surface area contributed by atoms with Crippen LogP contribution in [0.3, 0.4) is 0 Å². The van der Waals surface area contributed by atoms with Crippen LogP contribution < -0.4 is 5.32 Å². The Bertz CT molecular complexity index is 515. The number of piperidine rings is 1. The van der Waals surface area contributed by atoms with E-state index in [1.807, 2.05) is 6.07 Å². The number of rotatable bonds is 7. The number of hydrogen-bond donors (Lipinski definition) is 1. The molecule has 1 aromatic rings. The molecule has 1 N–H and O–H groups in total. The molecule has 0 bridgehead atoms. The largest absolute Gasteiger partial charge is 0.379 e. The number of benzene rings is 1. The van der Waals surface area contributed by atoms with Gasteiger partial charge in [-0.15, -0.1) is 24.0 Å². The zero-order valence-corrected chi connectivity index (χ0v) is 17.9. The van der Waals surface area contributed by atoms with E-state index < -0.39 is 0 Å². The van der Waals surface area contributed by atoms with Crippen LogP contribution in [0.5, 0.6) is 0 Å². The van der Waals surface area contributed by atoms with Crippen molar-refractivity contribution in [3.05, 3.63) is 30.3 Å². The van der Waals surface area contributed by atoms with Crippen molar-refractivity contribution in [2.45, 2.75) is 44.6 Å². The van der Waals surface area contributed by atoms with E-state index in [1.165, 1.54) is 25.7 Å². The van der Waals surface area contributed by atoms with Gasteiger partial charge in [0.25, 0.3) is 0 Å². The molecule has 6 heteroatoms. The van der Waals surface area contributed by atoms with E-state index in [0.29, 0.717) is 6.10 Å². The Morgan fingerprint density at radius 2 is 1.96 bits per heavy atom. The summed E-state index contributed by atoms with van der Waals surface area (Å²) < 4.78 is 11.3. The van der Waals surface area contributed by atoms with Gasteiger partial charge >= 0.3 is 0 Å². The van der Waals surface area contributed by atoms with Crippen molar-refractivity contribution in [3.63, 3.8) is 0 Å². The van der Waals surface area contributed by atoms with Gasteiger partial charge in [-0.1, -0.05) is 18.2 Å². The summed E-state index contributed by atoms with van der Waals surface area (Å²) in [5.74, 6) is 1.00. The van der Waals surface area contributed by atoms with Crippen molar-refractivity contribution in [2.24, 2.45) is 4.99 Å². The van der Waals surface area contributed by atoms with Crippen LogP contribution in [0.25, 0.3) is 0 Å². The first kappa shape index (κ1) is 21.4. The fraction of sp³-hybridized carbons (Fsp3) is 0.650. The topological polar surface area (TPSA) is 46.1 Å². The Kier molecular flexibility index (Phi) is 10.3. The molecule has 0 spiro atoms. The molecule has 5 nitrogen and oxygen atoms in total. The van der Waals surface area contributed by atoms with Crippen molar-refractivity contribution in [1.82, 2.24) is 4.90 Å². The van der Waals surface area contributed by atoms with Gasteiger partial charge in [0.05, 0.1) is 12.7 Å². The minimum Gasteiger partial charge on any atom is -0.379 e. The zero-order valence-electron chi connectivity index (χ0n) is 15.6. The maximum atomic E-state index is 5.73. The number of halogens is 1. The lowest BCUT2D eigenvalue weighted by atomic mass is 10.1. The summed E-state index contributed by atoms with van der Waals surface area (Å²) in [6.07, 6.45) is 7.39. The molecule has 0 saturated carbocycles. The number of para-hydroxylation sites is 1. The Morgan fingerprint density at radius 3 is 2.69 bits per heavy atom. The van der Waals surface area contributed by atoms with Crippen molar-refractivity contribution < 1.29 is 9.47 Å². The Morgan fingerprint density at radius 1 is 1.15 bits per heavy atom. The number of anilines is 1. The van der Waals surface area contributed by atoms with Crippen LogP contribution in [0, 0.1) is 0 Å². The number of ether oxygens (including phenoxy) is 2. The fourth-order valence-electron chi connectivity index (χ4n) is 3.32. The summed E-state index contributed by atoms with van der Waals surface area (Å²) in [6, 6.07) is 10.3. The highest BCUT2D eigenvalue weighted by Gasteiger charge is 2.16. The molecule has 0 amide bonds. The summed E-state index contributed by atoms with van der Waals surface area (Å²) in [5.41, 5.74) is 1.10. The van der Waals surface area contributed by atoms with E-state index in [0.717, 1.165) is 63.9 Å². The number of hydrogen-bond acceptors (Lipinski definition) is 3. The predicted molar refractivity (Wildman–Crippen MR) is 118 cm³/mol. The van der Waals surface area contributed by atoms with Crippen molar-refractivity contribution in [2.75, 3.05) is 44.8 Å². The Balaban J connectivity index is 0.00000243. The number of nitrogens with zero attached hydrogens (tertiary/aromatic N) is 2. The van der Waals surface area contributed by atoms with E-state index >= 15 is 0 Å². The lowest BCUT2D eigenvalue weighted by Gasteiger charge is -2.30. The minimum atomic E-state index is 0. The molecule has 0 aliphatic carbocycles. The quantitative estimate of drug-likeness (QED) is 0.280. The normalized spacial score (nSPS) is 20.7. The van der Waals surface area contributed by atoms with E-state index in [9.17, 15) is 0 Å². The Labute approximate surface area is 174 Å². The van der Waals surface area contributed by atoms with Gasteiger partial charge in [-0.3, -0.25) is 4.99 Å². The second-order valence-corrected chi connectivity index (χ2v) is 6.81. The van der Waals surface area contributed by atoms with E-state index in [2.05, 4.69) is 34.5 Å². The summed E-state index contributed by atoms with van der Waals surface area (Å²) in [6.45, 7) is 5.34. The lowest BCUT2D eigenvalue weighted by Crippen LogP contribution is -2.40.